The van der Waals surface area contributed by atoms with Gasteiger partial charge in [-0.1, -0.05) is 26.0 Å². The molecule has 0 saturated heterocycles. The largest absolute Gasteiger partial charge is 0.469 e. The Hall–Kier alpha value is -2.03. The van der Waals surface area contributed by atoms with Gasteiger partial charge < -0.3 is 4.74 Å². The highest BCUT2D eigenvalue weighted by Crippen LogP contribution is 2.36. The summed E-state index contributed by atoms with van der Waals surface area (Å²) in [7, 11) is 1.39. The van der Waals surface area contributed by atoms with Gasteiger partial charge in [-0.15, -0.1) is 22.7 Å². The van der Waals surface area contributed by atoms with E-state index in [0.29, 0.717) is 13.1 Å². The van der Waals surface area contributed by atoms with Gasteiger partial charge in [-0.2, -0.15) is 5.10 Å². The number of carbonyl (C=O) groups is 2. The minimum Gasteiger partial charge on any atom is -0.469 e. The average molecular weight is 420 g/mol. The Balaban J connectivity index is 1.75. The number of hydrogen-bond acceptors (Lipinski definition) is 7. The first-order chi connectivity index (χ1) is 13.5. The molecule has 0 aliphatic carbocycles. The number of hydrogen-bond donors (Lipinski definition) is 0. The average Bonchev–Trinajstić information content (AvgIpc) is 3.46. The fraction of sp³-hybridized carbons (Fsp3) is 0.450. The number of methoxy groups -OCH3 is 1. The summed E-state index contributed by atoms with van der Waals surface area (Å²) in [5, 5.41) is 10.4. The van der Waals surface area contributed by atoms with Gasteiger partial charge in [0.05, 0.1) is 36.2 Å². The molecule has 0 saturated carbocycles. The zero-order valence-electron chi connectivity index (χ0n) is 16.3. The molecule has 0 bridgehead atoms. The highest BCUT2D eigenvalue weighted by Gasteiger charge is 2.34. The first-order valence-electron chi connectivity index (χ1n) is 9.30. The molecule has 0 fully saturated rings. The van der Waals surface area contributed by atoms with Gasteiger partial charge in [0.25, 0.3) is 5.91 Å². The third-order valence-electron chi connectivity index (χ3n) is 4.78. The molecule has 1 amide bonds. The molecular weight excluding hydrogens is 394 g/mol. The number of carbonyl (C=O) groups excluding carboxylic acids is 2. The third-order valence-corrected chi connectivity index (χ3v) is 6.68. The molecule has 2 atom stereocenters. The SMILES string of the molecule is CCN(CC(=O)N1N=C(c2cccs2)CC1c1cccs1)CC(C)C(=O)OC. The standard InChI is InChI=1S/C20H25N3O3S2/c1-4-22(12-14(2)20(25)26-3)13-19(24)23-16(18-8-6-10-28-18)11-15(21-23)17-7-5-9-27-17/h5-10,14,16H,4,11-13H2,1-3H3. The van der Waals surface area contributed by atoms with E-state index in [0.717, 1.165) is 21.9 Å². The molecule has 2 aromatic rings. The molecule has 3 heterocycles. The Morgan fingerprint density at radius 3 is 2.68 bits per heavy atom. The van der Waals surface area contributed by atoms with E-state index in [2.05, 4.69) is 11.2 Å². The summed E-state index contributed by atoms with van der Waals surface area (Å²) in [6, 6.07) is 8.03. The fourth-order valence-electron chi connectivity index (χ4n) is 3.27. The highest BCUT2D eigenvalue weighted by molar-refractivity contribution is 7.12. The van der Waals surface area contributed by atoms with Gasteiger partial charge in [0, 0.05) is 17.8 Å². The van der Waals surface area contributed by atoms with Crippen LogP contribution in [0.25, 0.3) is 0 Å². The van der Waals surface area contributed by atoms with Crippen molar-refractivity contribution in [3.8, 4) is 0 Å². The van der Waals surface area contributed by atoms with Crippen molar-refractivity contribution < 1.29 is 14.3 Å². The fourth-order valence-corrected chi connectivity index (χ4v) is 4.80. The van der Waals surface area contributed by atoms with Gasteiger partial charge in [-0.3, -0.25) is 14.5 Å². The Labute approximate surface area is 173 Å². The summed E-state index contributed by atoms with van der Waals surface area (Å²) in [5.41, 5.74) is 0.952. The lowest BCUT2D eigenvalue weighted by Gasteiger charge is -2.26. The molecule has 6 nitrogen and oxygen atoms in total. The van der Waals surface area contributed by atoms with Crippen LogP contribution < -0.4 is 0 Å². The number of amides is 1. The van der Waals surface area contributed by atoms with Crippen LogP contribution in [0.15, 0.2) is 40.1 Å². The Morgan fingerprint density at radius 2 is 2.07 bits per heavy atom. The van der Waals surface area contributed by atoms with Gasteiger partial charge in [0.15, 0.2) is 0 Å². The van der Waals surface area contributed by atoms with Crippen molar-refractivity contribution in [1.82, 2.24) is 9.91 Å². The maximum absolute atomic E-state index is 13.1. The molecule has 2 unspecified atom stereocenters. The number of ether oxygens (including phenoxy) is 1. The van der Waals surface area contributed by atoms with Crippen molar-refractivity contribution in [2.45, 2.75) is 26.3 Å². The van der Waals surface area contributed by atoms with Crippen molar-refractivity contribution in [2.75, 3.05) is 26.7 Å². The number of hydrazone groups is 1. The van der Waals surface area contributed by atoms with Crippen molar-refractivity contribution >= 4 is 40.3 Å². The maximum Gasteiger partial charge on any atom is 0.309 e. The molecule has 150 valence electrons. The van der Waals surface area contributed by atoms with Gasteiger partial charge in [0.2, 0.25) is 0 Å². The van der Waals surface area contributed by atoms with Crippen LogP contribution in [0.2, 0.25) is 0 Å². The van der Waals surface area contributed by atoms with E-state index >= 15 is 0 Å². The van der Waals surface area contributed by atoms with Crippen LogP contribution in [0.3, 0.4) is 0 Å². The Kier molecular flexibility index (Phi) is 6.98. The molecule has 3 rings (SSSR count). The number of likely N-dealkylation sites (N-methyl/N-ethyl adjacent to an activating group) is 1. The molecule has 28 heavy (non-hydrogen) atoms. The van der Waals surface area contributed by atoms with Crippen LogP contribution in [0.1, 0.15) is 36.1 Å². The first kappa shape index (κ1) is 20.7. The lowest BCUT2D eigenvalue weighted by Crippen LogP contribution is -2.41. The summed E-state index contributed by atoms with van der Waals surface area (Å²) in [5.74, 6) is -0.597. The molecule has 0 radical (unpaired) electrons. The number of nitrogens with zero attached hydrogens (tertiary/aromatic N) is 3. The summed E-state index contributed by atoms with van der Waals surface area (Å²) < 4.78 is 4.80. The number of thiophene rings is 2. The lowest BCUT2D eigenvalue weighted by molar-refractivity contribution is -0.146. The van der Waals surface area contributed by atoms with Crippen LogP contribution in [0, 0.1) is 5.92 Å². The predicted octanol–water partition coefficient (Wildman–Crippen LogP) is 3.62. The molecule has 0 aromatic carbocycles. The second-order valence-corrected chi connectivity index (χ2v) is 8.68. The van der Waals surface area contributed by atoms with Gasteiger partial charge in [-0.05, 0) is 29.4 Å². The second kappa shape index (κ2) is 9.45. The van der Waals surface area contributed by atoms with Gasteiger partial charge >= 0.3 is 5.97 Å². The van der Waals surface area contributed by atoms with Crippen molar-refractivity contribution in [3.63, 3.8) is 0 Å². The van der Waals surface area contributed by atoms with E-state index in [9.17, 15) is 9.59 Å². The summed E-state index contributed by atoms with van der Waals surface area (Å²) in [6.45, 7) is 5.18. The van der Waals surface area contributed by atoms with Crippen molar-refractivity contribution in [2.24, 2.45) is 11.0 Å². The number of rotatable bonds is 8. The second-order valence-electron chi connectivity index (χ2n) is 6.75. The van der Waals surface area contributed by atoms with Crippen LogP contribution in [0.4, 0.5) is 0 Å². The van der Waals surface area contributed by atoms with E-state index in [4.69, 9.17) is 4.74 Å². The quantitative estimate of drug-likeness (QED) is 0.613. The Morgan fingerprint density at radius 1 is 1.32 bits per heavy atom. The van der Waals surface area contributed by atoms with E-state index in [-0.39, 0.29) is 30.4 Å². The van der Waals surface area contributed by atoms with E-state index < -0.39 is 0 Å². The summed E-state index contributed by atoms with van der Waals surface area (Å²) in [6.07, 6.45) is 0.720. The zero-order valence-corrected chi connectivity index (χ0v) is 18.0. The topological polar surface area (TPSA) is 62.2 Å². The van der Waals surface area contributed by atoms with Gasteiger partial charge in [-0.25, -0.2) is 5.01 Å². The van der Waals surface area contributed by atoms with E-state index in [1.165, 1.54) is 7.11 Å². The minimum atomic E-state index is -0.283. The summed E-state index contributed by atoms with van der Waals surface area (Å²) in [4.78, 5) is 29.0. The van der Waals surface area contributed by atoms with Gasteiger partial charge in [0.1, 0.15) is 0 Å². The normalized spacial score (nSPS) is 17.6. The lowest BCUT2D eigenvalue weighted by atomic mass is 10.1. The van der Waals surface area contributed by atoms with E-state index in [1.807, 2.05) is 47.7 Å². The van der Waals surface area contributed by atoms with Crippen LogP contribution in [-0.2, 0) is 14.3 Å². The first-order valence-corrected chi connectivity index (χ1v) is 11.1. The van der Waals surface area contributed by atoms with E-state index in [1.54, 1.807) is 27.7 Å². The third kappa shape index (κ3) is 4.68. The maximum atomic E-state index is 13.1. The highest BCUT2D eigenvalue weighted by atomic mass is 32.1. The zero-order chi connectivity index (χ0) is 20.1. The van der Waals surface area contributed by atoms with Crippen LogP contribution in [-0.4, -0.2) is 54.2 Å². The van der Waals surface area contributed by atoms with Crippen LogP contribution >= 0.6 is 22.7 Å². The van der Waals surface area contributed by atoms with Crippen LogP contribution in [0.5, 0.6) is 0 Å². The predicted molar refractivity (Wildman–Crippen MR) is 113 cm³/mol. The monoisotopic (exact) mass is 419 g/mol. The molecule has 0 spiro atoms. The molecule has 8 heteroatoms. The van der Waals surface area contributed by atoms with Crippen molar-refractivity contribution in [3.05, 3.63) is 44.8 Å². The Bertz CT molecular complexity index is 818. The summed E-state index contributed by atoms with van der Waals surface area (Å²) >= 11 is 3.28. The minimum absolute atomic E-state index is 0.0520. The van der Waals surface area contributed by atoms with Crippen molar-refractivity contribution in [1.29, 1.82) is 0 Å². The smallest absolute Gasteiger partial charge is 0.309 e. The molecular formula is C20H25N3O3S2. The molecule has 0 N–H and O–H groups in total. The molecule has 1 aliphatic heterocycles. The molecule has 2 aromatic heterocycles. The molecule has 1 aliphatic rings. The number of esters is 1.